The van der Waals surface area contributed by atoms with Gasteiger partial charge in [0.25, 0.3) is 0 Å². The molecule has 1 aliphatic rings. The summed E-state index contributed by atoms with van der Waals surface area (Å²) in [5, 5.41) is 0. The molecule has 1 aliphatic carbocycles. The number of carbonyl (C=O) groups excluding carboxylic acids is 1. The fourth-order valence-electron chi connectivity index (χ4n) is 1.83. The fraction of sp³-hybridized carbons (Fsp3) is 0.364. The summed E-state index contributed by atoms with van der Waals surface area (Å²) in [5.41, 5.74) is 0.331. The van der Waals surface area contributed by atoms with E-state index in [0.29, 0.717) is 12.0 Å². The van der Waals surface area contributed by atoms with Crippen molar-refractivity contribution >= 4 is 5.78 Å². The molecule has 2 rings (SSSR count). The van der Waals surface area contributed by atoms with Crippen LogP contribution in [0.4, 0.5) is 8.78 Å². The van der Waals surface area contributed by atoms with Crippen LogP contribution in [0.3, 0.4) is 0 Å². The lowest BCUT2D eigenvalue weighted by Crippen LogP contribution is -2.33. The SMILES string of the molecule is CC1C(=O)CC1c1cccc(F)c1F. The average Bonchev–Trinajstić information content (AvgIpc) is 2.19. The maximum atomic E-state index is 13.3. The van der Waals surface area contributed by atoms with Crippen molar-refractivity contribution in [2.45, 2.75) is 19.3 Å². The van der Waals surface area contributed by atoms with E-state index >= 15 is 0 Å². The maximum Gasteiger partial charge on any atom is 0.162 e. The summed E-state index contributed by atoms with van der Waals surface area (Å²) in [6.45, 7) is 1.75. The maximum absolute atomic E-state index is 13.3. The van der Waals surface area contributed by atoms with Crippen molar-refractivity contribution in [1.29, 1.82) is 0 Å². The summed E-state index contributed by atoms with van der Waals surface area (Å²) in [4.78, 5) is 11.0. The Hall–Kier alpha value is -1.25. The van der Waals surface area contributed by atoms with Crippen LogP contribution in [0.1, 0.15) is 24.8 Å². The summed E-state index contributed by atoms with van der Waals surface area (Å²) in [5.74, 6) is -1.84. The average molecular weight is 196 g/mol. The van der Waals surface area contributed by atoms with Crippen molar-refractivity contribution < 1.29 is 13.6 Å². The van der Waals surface area contributed by atoms with Crippen molar-refractivity contribution in [1.82, 2.24) is 0 Å². The number of carbonyl (C=O) groups is 1. The molecule has 3 heteroatoms. The lowest BCUT2D eigenvalue weighted by Gasteiger charge is -2.32. The molecule has 1 aromatic carbocycles. The normalized spacial score (nSPS) is 26.1. The zero-order chi connectivity index (χ0) is 10.3. The van der Waals surface area contributed by atoms with Gasteiger partial charge in [-0.15, -0.1) is 0 Å². The van der Waals surface area contributed by atoms with Gasteiger partial charge in [-0.1, -0.05) is 19.1 Å². The minimum Gasteiger partial charge on any atom is -0.299 e. The second kappa shape index (κ2) is 3.15. The van der Waals surface area contributed by atoms with E-state index in [1.54, 1.807) is 13.0 Å². The fourth-order valence-corrected chi connectivity index (χ4v) is 1.83. The molecule has 0 saturated heterocycles. The van der Waals surface area contributed by atoms with Gasteiger partial charge < -0.3 is 0 Å². The molecule has 1 saturated carbocycles. The van der Waals surface area contributed by atoms with Crippen LogP contribution in [-0.4, -0.2) is 5.78 Å². The van der Waals surface area contributed by atoms with Gasteiger partial charge in [-0.05, 0) is 11.6 Å². The standard InChI is InChI=1S/C11H10F2O/c1-6-8(5-10(6)14)7-3-2-4-9(12)11(7)13/h2-4,6,8H,5H2,1H3. The van der Waals surface area contributed by atoms with Crippen molar-refractivity contribution in [3.8, 4) is 0 Å². The van der Waals surface area contributed by atoms with Crippen LogP contribution in [0.2, 0.25) is 0 Å². The highest BCUT2D eigenvalue weighted by atomic mass is 19.2. The number of ketones is 1. The minimum atomic E-state index is -0.839. The van der Waals surface area contributed by atoms with Crippen LogP contribution in [0, 0.1) is 17.6 Å². The Morgan fingerprint density at radius 1 is 1.36 bits per heavy atom. The van der Waals surface area contributed by atoms with Crippen molar-refractivity contribution in [2.24, 2.45) is 5.92 Å². The Kier molecular flexibility index (Phi) is 2.10. The smallest absolute Gasteiger partial charge is 0.162 e. The highest BCUT2D eigenvalue weighted by Crippen LogP contribution is 2.40. The minimum absolute atomic E-state index is 0.124. The summed E-state index contributed by atoms with van der Waals surface area (Å²) in [6.07, 6.45) is 0.335. The van der Waals surface area contributed by atoms with Crippen molar-refractivity contribution in [2.75, 3.05) is 0 Å². The molecule has 0 aliphatic heterocycles. The van der Waals surface area contributed by atoms with E-state index in [-0.39, 0.29) is 17.6 Å². The van der Waals surface area contributed by atoms with Crippen LogP contribution < -0.4 is 0 Å². The first-order chi connectivity index (χ1) is 6.61. The van der Waals surface area contributed by atoms with Crippen LogP contribution >= 0.6 is 0 Å². The van der Waals surface area contributed by atoms with Crippen LogP contribution in [0.25, 0.3) is 0 Å². The largest absolute Gasteiger partial charge is 0.299 e. The van der Waals surface area contributed by atoms with Gasteiger partial charge in [-0.2, -0.15) is 0 Å². The molecule has 0 radical (unpaired) electrons. The zero-order valence-electron chi connectivity index (χ0n) is 7.76. The number of hydrogen-bond donors (Lipinski definition) is 0. The molecular formula is C11H10F2O. The third-order valence-corrected chi connectivity index (χ3v) is 2.91. The molecule has 0 amide bonds. The quantitative estimate of drug-likeness (QED) is 0.674. The number of halogens is 2. The monoisotopic (exact) mass is 196 g/mol. The predicted octanol–water partition coefficient (Wildman–Crippen LogP) is 2.66. The van der Waals surface area contributed by atoms with E-state index in [1.807, 2.05) is 0 Å². The summed E-state index contributed by atoms with van der Waals surface area (Å²) >= 11 is 0. The van der Waals surface area contributed by atoms with E-state index in [9.17, 15) is 13.6 Å². The van der Waals surface area contributed by atoms with Crippen LogP contribution in [0.5, 0.6) is 0 Å². The zero-order valence-corrected chi connectivity index (χ0v) is 7.76. The molecule has 1 fully saturated rings. The highest BCUT2D eigenvalue weighted by Gasteiger charge is 2.38. The molecule has 74 valence electrons. The molecule has 1 nitrogen and oxygen atoms in total. The Bertz CT molecular complexity index is 387. The van der Waals surface area contributed by atoms with E-state index in [1.165, 1.54) is 6.07 Å². The lowest BCUT2D eigenvalue weighted by molar-refractivity contribution is -0.130. The Balaban J connectivity index is 2.34. The summed E-state index contributed by atoms with van der Waals surface area (Å²) in [6, 6.07) is 4.11. The molecule has 0 heterocycles. The highest BCUT2D eigenvalue weighted by molar-refractivity contribution is 5.88. The van der Waals surface area contributed by atoms with Gasteiger partial charge in [0.15, 0.2) is 11.6 Å². The topological polar surface area (TPSA) is 17.1 Å². The Morgan fingerprint density at radius 2 is 2.07 bits per heavy atom. The Morgan fingerprint density at radius 3 is 2.64 bits per heavy atom. The molecule has 0 spiro atoms. The second-order valence-electron chi connectivity index (χ2n) is 3.71. The van der Waals surface area contributed by atoms with Gasteiger partial charge in [0.05, 0.1) is 0 Å². The van der Waals surface area contributed by atoms with Crippen LogP contribution in [0.15, 0.2) is 18.2 Å². The van der Waals surface area contributed by atoms with Crippen molar-refractivity contribution in [3.05, 3.63) is 35.4 Å². The van der Waals surface area contributed by atoms with Gasteiger partial charge in [0, 0.05) is 18.3 Å². The third-order valence-electron chi connectivity index (χ3n) is 2.91. The first-order valence-corrected chi connectivity index (χ1v) is 4.58. The first kappa shape index (κ1) is 9.31. The molecule has 0 bridgehead atoms. The third kappa shape index (κ3) is 1.24. The van der Waals surface area contributed by atoms with E-state index in [0.717, 1.165) is 6.07 Å². The molecule has 2 unspecified atom stereocenters. The van der Waals surface area contributed by atoms with Gasteiger partial charge in [-0.3, -0.25) is 4.79 Å². The van der Waals surface area contributed by atoms with Crippen molar-refractivity contribution in [3.63, 3.8) is 0 Å². The van der Waals surface area contributed by atoms with Gasteiger partial charge in [-0.25, -0.2) is 8.78 Å². The first-order valence-electron chi connectivity index (χ1n) is 4.58. The number of Topliss-reactive ketones (excluding diaryl/α,β-unsaturated/α-hetero) is 1. The van der Waals surface area contributed by atoms with Gasteiger partial charge in [0.2, 0.25) is 0 Å². The van der Waals surface area contributed by atoms with E-state index < -0.39 is 11.6 Å². The molecular weight excluding hydrogens is 186 g/mol. The predicted molar refractivity (Wildman–Crippen MR) is 47.9 cm³/mol. The summed E-state index contributed by atoms with van der Waals surface area (Å²) in [7, 11) is 0. The molecule has 0 aromatic heterocycles. The molecule has 1 aromatic rings. The molecule has 0 N–H and O–H groups in total. The van der Waals surface area contributed by atoms with Crippen LogP contribution in [-0.2, 0) is 4.79 Å². The van der Waals surface area contributed by atoms with E-state index in [4.69, 9.17) is 0 Å². The number of rotatable bonds is 1. The van der Waals surface area contributed by atoms with E-state index in [2.05, 4.69) is 0 Å². The summed E-state index contributed by atoms with van der Waals surface area (Å²) < 4.78 is 26.2. The lowest BCUT2D eigenvalue weighted by atomic mass is 9.70. The number of hydrogen-bond acceptors (Lipinski definition) is 1. The Labute approximate surface area is 80.7 Å². The molecule has 14 heavy (non-hydrogen) atoms. The molecule has 2 atom stereocenters. The van der Waals surface area contributed by atoms with Gasteiger partial charge >= 0.3 is 0 Å². The van der Waals surface area contributed by atoms with Gasteiger partial charge in [0.1, 0.15) is 5.78 Å². The number of benzene rings is 1. The second-order valence-corrected chi connectivity index (χ2v) is 3.71.